The molecule has 3 aromatic carbocycles. The molecular formula is C37H28O8. The Morgan fingerprint density at radius 2 is 1.09 bits per heavy atom. The van der Waals surface area contributed by atoms with Crippen LogP contribution in [0.1, 0.15) is 41.7 Å². The van der Waals surface area contributed by atoms with E-state index in [9.17, 15) is 19.2 Å². The van der Waals surface area contributed by atoms with Gasteiger partial charge in [0.05, 0.1) is 11.1 Å². The highest BCUT2D eigenvalue weighted by molar-refractivity contribution is 5.91. The zero-order chi connectivity index (χ0) is 33.1. The first-order chi connectivity index (χ1) is 21.4. The highest BCUT2D eigenvalue weighted by Crippen LogP contribution is 2.34. The van der Waals surface area contributed by atoms with Crippen molar-refractivity contribution >= 4 is 23.9 Å². The summed E-state index contributed by atoms with van der Waals surface area (Å²) in [6.07, 6.45) is 2.10. The average Bonchev–Trinajstić information content (AvgIpc) is 3.02. The number of hydrogen-bond acceptors (Lipinski definition) is 8. The normalized spacial score (nSPS) is 9.58. The Kier molecular flexibility index (Phi) is 11.2. The van der Waals surface area contributed by atoms with Gasteiger partial charge in [0.25, 0.3) is 0 Å². The molecule has 3 aromatic rings. The van der Waals surface area contributed by atoms with Gasteiger partial charge >= 0.3 is 23.9 Å². The summed E-state index contributed by atoms with van der Waals surface area (Å²) < 4.78 is 21.5. The van der Waals surface area contributed by atoms with Gasteiger partial charge in [0, 0.05) is 46.1 Å². The molecule has 45 heavy (non-hydrogen) atoms. The number of ether oxygens (including phenoxy) is 4. The van der Waals surface area contributed by atoms with Gasteiger partial charge in [-0.3, -0.25) is 0 Å². The van der Waals surface area contributed by atoms with E-state index in [0.29, 0.717) is 28.2 Å². The zero-order valence-electron chi connectivity index (χ0n) is 24.9. The summed E-state index contributed by atoms with van der Waals surface area (Å²) in [5, 5.41) is 0. The lowest BCUT2D eigenvalue weighted by atomic mass is 10.0. The molecule has 0 unspecified atom stereocenters. The molecule has 0 aromatic heterocycles. The lowest BCUT2D eigenvalue weighted by molar-refractivity contribution is -0.131. The minimum Gasteiger partial charge on any atom is -0.423 e. The van der Waals surface area contributed by atoms with Crippen LogP contribution in [0.25, 0.3) is 0 Å². The first-order valence-corrected chi connectivity index (χ1v) is 13.3. The molecule has 0 aliphatic carbocycles. The lowest BCUT2D eigenvalue weighted by Gasteiger charge is -2.15. The predicted molar refractivity (Wildman–Crippen MR) is 169 cm³/mol. The van der Waals surface area contributed by atoms with E-state index in [1.54, 1.807) is 55.5 Å². The van der Waals surface area contributed by atoms with Gasteiger partial charge in [-0.15, -0.1) is 0 Å². The Balaban J connectivity index is 2.14. The van der Waals surface area contributed by atoms with E-state index in [0.717, 1.165) is 12.2 Å². The highest BCUT2D eigenvalue weighted by atomic mass is 16.5. The molecule has 0 aliphatic heterocycles. The maximum absolute atomic E-state index is 12.6. The maximum atomic E-state index is 12.6. The van der Waals surface area contributed by atoms with E-state index in [1.807, 2.05) is 0 Å². The fraction of sp³-hybridized carbons (Fsp3) is 0.0811. The number of hydrogen-bond donors (Lipinski definition) is 0. The quantitative estimate of drug-likeness (QED) is 0.135. The van der Waals surface area contributed by atoms with Gasteiger partial charge in [0.2, 0.25) is 0 Å². The van der Waals surface area contributed by atoms with Gasteiger partial charge < -0.3 is 18.9 Å². The van der Waals surface area contributed by atoms with Crippen molar-refractivity contribution in [3.8, 4) is 46.7 Å². The lowest BCUT2D eigenvalue weighted by Crippen LogP contribution is -2.13. The van der Waals surface area contributed by atoms with E-state index < -0.39 is 23.9 Å². The topological polar surface area (TPSA) is 105 Å². The van der Waals surface area contributed by atoms with Gasteiger partial charge in [-0.25, -0.2) is 19.2 Å². The molecule has 0 atom stereocenters. The SMILES string of the molecule is C=CC(=O)Oc1ccc(C#Cc2cc(OC(=O)C(=C)C)c(C#Cc3ccc(OC(=O)C=C)cc3)c(C)c2OC(=O)C(=C)C)cc1. The molecule has 0 heterocycles. The Bertz CT molecular complexity index is 1850. The Morgan fingerprint density at radius 3 is 1.53 bits per heavy atom. The van der Waals surface area contributed by atoms with Crippen LogP contribution in [0.5, 0.6) is 23.0 Å². The van der Waals surface area contributed by atoms with Crippen molar-refractivity contribution < 1.29 is 38.1 Å². The molecule has 0 aliphatic rings. The minimum absolute atomic E-state index is 0.0654. The van der Waals surface area contributed by atoms with E-state index in [1.165, 1.54) is 19.9 Å². The number of benzene rings is 3. The van der Waals surface area contributed by atoms with Crippen molar-refractivity contribution in [1.29, 1.82) is 0 Å². The van der Waals surface area contributed by atoms with Crippen LogP contribution >= 0.6 is 0 Å². The molecule has 224 valence electrons. The molecule has 0 amide bonds. The first kappa shape index (κ1) is 33.1. The van der Waals surface area contributed by atoms with Crippen LogP contribution in [0.15, 0.2) is 104 Å². The largest absolute Gasteiger partial charge is 0.423 e. The summed E-state index contributed by atoms with van der Waals surface area (Å²) in [6.45, 7) is 18.7. The van der Waals surface area contributed by atoms with Gasteiger partial charge in [-0.2, -0.15) is 0 Å². The van der Waals surface area contributed by atoms with Crippen LogP contribution in [0.4, 0.5) is 0 Å². The van der Waals surface area contributed by atoms with Crippen molar-refractivity contribution in [3.63, 3.8) is 0 Å². The number of rotatable bonds is 8. The van der Waals surface area contributed by atoms with Crippen LogP contribution < -0.4 is 18.9 Å². The molecule has 8 nitrogen and oxygen atoms in total. The number of esters is 4. The van der Waals surface area contributed by atoms with Crippen LogP contribution in [-0.4, -0.2) is 23.9 Å². The Hall–Kier alpha value is -6.38. The molecule has 0 radical (unpaired) electrons. The number of carbonyl (C=O) groups excluding carboxylic acids is 4. The van der Waals surface area contributed by atoms with Crippen molar-refractivity contribution in [2.45, 2.75) is 20.8 Å². The summed E-state index contributed by atoms with van der Waals surface area (Å²) in [4.78, 5) is 48.1. The van der Waals surface area contributed by atoms with Crippen molar-refractivity contribution in [2.24, 2.45) is 0 Å². The van der Waals surface area contributed by atoms with Gasteiger partial charge in [-0.1, -0.05) is 50.0 Å². The Morgan fingerprint density at radius 1 is 0.644 bits per heavy atom. The molecule has 0 spiro atoms. The summed E-state index contributed by atoms with van der Waals surface area (Å²) in [7, 11) is 0. The molecule has 0 saturated carbocycles. The predicted octanol–water partition coefficient (Wildman–Crippen LogP) is 5.94. The standard InChI is InChI=1S/C37H28O8/c1-8-33(38)42-29-17-11-26(12-18-29)10-16-28-22-32(44-36(40)23(3)4)31(25(7)35(28)45-37(41)24(5)6)21-15-27-13-19-30(20-14-27)43-34(39)9-2/h8-9,11-14,17-20,22H,1-3,5H2,4,6-7H3. The fourth-order valence-corrected chi connectivity index (χ4v) is 3.40. The van der Waals surface area contributed by atoms with Crippen LogP contribution in [0, 0.1) is 30.6 Å². The molecule has 0 bridgehead atoms. The van der Waals surface area contributed by atoms with E-state index in [2.05, 4.69) is 50.0 Å². The second-order valence-corrected chi connectivity index (χ2v) is 9.39. The van der Waals surface area contributed by atoms with Crippen molar-refractivity contribution in [3.05, 3.63) is 132 Å². The smallest absolute Gasteiger partial charge is 0.338 e. The van der Waals surface area contributed by atoms with E-state index in [-0.39, 0.29) is 33.8 Å². The maximum Gasteiger partial charge on any atom is 0.338 e. The third-order valence-electron chi connectivity index (χ3n) is 5.73. The second-order valence-electron chi connectivity index (χ2n) is 9.39. The van der Waals surface area contributed by atoms with Crippen LogP contribution in [0.2, 0.25) is 0 Å². The third-order valence-corrected chi connectivity index (χ3v) is 5.73. The molecule has 0 N–H and O–H groups in total. The Labute approximate surface area is 261 Å². The zero-order valence-corrected chi connectivity index (χ0v) is 24.9. The van der Waals surface area contributed by atoms with Crippen LogP contribution in [0.3, 0.4) is 0 Å². The van der Waals surface area contributed by atoms with Gasteiger partial charge in [0.1, 0.15) is 17.2 Å². The number of carbonyl (C=O) groups is 4. The minimum atomic E-state index is -0.693. The molecular weight excluding hydrogens is 572 g/mol. The summed E-state index contributed by atoms with van der Waals surface area (Å²) in [6, 6.07) is 14.3. The monoisotopic (exact) mass is 600 g/mol. The molecule has 0 saturated heterocycles. The highest BCUT2D eigenvalue weighted by Gasteiger charge is 2.21. The van der Waals surface area contributed by atoms with E-state index in [4.69, 9.17) is 18.9 Å². The molecule has 3 rings (SSSR count). The fourth-order valence-electron chi connectivity index (χ4n) is 3.40. The second kappa shape index (κ2) is 15.2. The van der Waals surface area contributed by atoms with E-state index >= 15 is 0 Å². The van der Waals surface area contributed by atoms with Crippen LogP contribution in [-0.2, 0) is 19.2 Å². The summed E-state index contributed by atoms with van der Waals surface area (Å²) in [5.74, 6) is 10.1. The molecule has 0 fully saturated rings. The third kappa shape index (κ3) is 9.31. The van der Waals surface area contributed by atoms with Gasteiger partial charge in [0.15, 0.2) is 5.75 Å². The average molecular weight is 601 g/mol. The molecule has 8 heteroatoms. The van der Waals surface area contributed by atoms with Crippen molar-refractivity contribution in [2.75, 3.05) is 0 Å². The van der Waals surface area contributed by atoms with Gasteiger partial charge in [-0.05, 0) is 69.3 Å². The summed E-state index contributed by atoms with van der Waals surface area (Å²) in [5.41, 5.74) is 2.27. The first-order valence-electron chi connectivity index (χ1n) is 13.3. The summed E-state index contributed by atoms with van der Waals surface area (Å²) >= 11 is 0. The van der Waals surface area contributed by atoms with Crippen molar-refractivity contribution in [1.82, 2.24) is 0 Å².